The first kappa shape index (κ1) is 11.6. The molecular weight excluding hydrogens is 214 g/mol. The lowest BCUT2D eigenvalue weighted by Gasteiger charge is -2.04. The molecule has 2 rings (SSSR count). The molecule has 0 amide bonds. The van der Waals surface area contributed by atoms with Crippen LogP contribution < -0.4 is 5.32 Å². The van der Waals surface area contributed by atoms with E-state index in [-0.39, 0.29) is 0 Å². The van der Waals surface area contributed by atoms with Crippen molar-refractivity contribution in [1.82, 2.24) is 19.7 Å². The second kappa shape index (κ2) is 4.95. The maximum Gasteiger partial charge on any atom is 0.134 e. The van der Waals surface area contributed by atoms with Crippen molar-refractivity contribution >= 4 is 11.5 Å². The van der Waals surface area contributed by atoms with E-state index in [1.807, 2.05) is 26.2 Å². The van der Waals surface area contributed by atoms with Crippen molar-refractivity contribution in [2.24, 2.45) is 7.05 Å². The molecule has 0 aliphatic carbocycles. The van der Waals surface area contributed by atoms with Gasteiger partial charge in [-0.05, 0) is 13.3 Å². The number of aryl methyl sites for hydroxylation is 3. The maximum atomic E-state index is 4.28. The predicted octanol–water partition coefficient (Wildman–Crippen LogP) is 2.21. The summed E-state index contributed by atoms with van der Waals surface area (Å²) in [6, 6.07) is 1.98. The summed E-state index contributed by atoms with van der Waals surface area (Å²) in [7, 11) is 1.90. The molecule has 0 unspecified atom stereocenters. The number of hydrogen-bond donors (Lipinski definition) is 1. The van der Waals surface area contributed by atoms with E-state index < -0.39 is 0 Å². The fourth-order valence-electron chi connectivity index (χ4n) is 1.72. The third-order valence-corrected chi connectivity index (χ3v) is 2.51. The maximum absolute atomic E-state index is 4.28. The predicted molar refractivity (Wildman–Crippen MR) is 67.3 cm³/mol. The van der Waals surface area contributed by atoms with Gasteiger partial charge in [-0.2, -0.15) is 5.10 Å². The van der Waals surface area contributed by atoms with Gasteiger partial charge in [0.15, 0.2) is 0 Å². The van der Waals surface area contributed by atoms with Gasteiger partial charge in [-0.15, -0.1) is 0 Å². The summed E-state index contributed by atoms with van der Waals surface area (Å²) in [5.41, 5.74) is 3.00. The zero-order valence-corrected chi connectivity index (χ0v) is 10.4. The third kappa shape index (κ3) is 2.81. The van der Waals surface area contributed by atoms with Crippen LogP contribution in [-0.2, 0) is 13.5 Å². The van der Waals surface area contributed by atoms with E-state index in [1.165, 1.54) is 0 Å². The lowest BCUT2D eigenvalue weighted by atomic mass is 10.2. The van der Waals surface area contributed by atoms with Crippen molar-refractivity contribution in [3.63, 3.8) is 0 Å². The van der Waals surface area contributed by atoms with E-state index in [0.29, 0.717) is 0 Å². The SMILES string of the molecule is CCCc1cc(Nc2cn(C)nc2C)ncn1. The van der Waals surface area contributed by atoms with Crippen LogP contribution in [0.15, 0.2) is 18.6 Å². The topological polar surface area (TPSA) is 55.6 Å². The fourth-order valence-corrected chi connectivity index (χ4v) is 1.72. The fraction of sp³-hybridized carbons (Fsp3) is 0.417. The Morgan fingerprint density at radius 1 is 1.35 bits per heavy atom. The molecule has 0 atom stereocenters. The van der Waals surface area contributed by atoms with E-state index in [1.54, 1.807) is 11.0 Å². The lowest BCUT2D eigenvalue weighted by molar-refractivity contribution is 0.756. The Labute approximate surface area is 101 Å². The summed E-state index contributed by atoms with van der Waals surface area (Å²) in [5, 5.41) is 7.53. The number of nitrogens with zero attached hydrogens (tertiary/aromatic N) is 4. The van der Waals surface area contributed by atoms with Crippen LogP contribution in [0.5, 0.6) is 0 Å². The second-order valence-electron chi connectivity index (χ2n) is 4.07. The van der Waals surface area contributed by atoms with Gasteiger partial charge in [0.2, 0.25) is 0 Å². The molecule has 2 aromatic heterocycles. The van der Waals surface area contributed by atoms with Crippen molar-refractivity contribution in [2.75, 3.05) is 5.32 Å². The van der Waals surface area contributed by atoms with Gasteiger partial charge in [0.05, 0.1) is 11.4 Å². The molecule has 0 saturated heterocycles. The van der Waals surface area contributed by atoms with E-state index >= 15 is 0 Å². The quantitative estimate of drug-likeness (QED) is 0.876. The molecular formula is C12H17N5. The third-order valence-electron chi connectivity index (χ3n) is 2.51. The highest BCUT2D eigenvalue weighted by Crippen LogP contribution is 2.17. The first-order chi connectivity index (χ1) is 8.19. The number of aromatic nitrogens is 4. The molecule has 1 N–H and O–H groups in total. The largest absolute Gasteiger partial charge is 0.337 e. The smallest absolute Gasteiger partial charge is 0.134 e. The molecule has 2 heterocycles. The Morgan fingerprint density at radius 2 is 2.18 bits per heavy atom. The van der Waals surface area contributed by atoms with Crippen LogP contribution in [0.2, 0.25) is 0 Å². The summed E-state index contributed by atoms with van der Waals surface area (Å²) in [4.78, 5) is 8.43. The summed E-state index contributed by atoms with van der Waals surface area (Å²) in [6.45, 7) is 4.11. The summed E-state index contributed by atoms with van der Waals surface area (Å²) in [6.07, 6.45) is 5.60. The number of rotatable bonds is 4. The first-order valence-electron chi connectivity index (χ1n) is 5.77. The van der Waals surface area contributed by atoms with Gasteiger partial charge < -0.3 is 5.32 Å². The van der Waals surface area contributed by atoms with Crippen LogP contribution in [0.4, 0.5) is 11.5 Å². The normalized spacial score (nSPS) is 10.5. The number of nitrogens with one attached hydrogen (secondary N) is 1. The Hall–Kier alpha value is -1.91. The second-order valence-corrected chi connectivity index (χ2v) is 4.07. The van der Waals surface area contributed by atoms with Gasteiger partial charge in [0, 0.05) is 25.0 Å². The van der Waals surface area contributed by atoms with Crippen molar-refractivity contribution in [3.8, 4) is 0 Å². The molecule has 0 spiro atoms. The van der Waals surface area contributed by atoms with Gasteiger partial charge in [0.1, 0.15) is 12.1 Å². The van der Waals surface area contributed by atoms with Gasteiger partial charge >= 0.3 is 0 Å². The Morgan fingerprint density at radius 3 is 2.82 bits per heavy atom. The van der Waals surface area contributed by atoms with E-state index in [2.05, 4.69) is 27.3 Å². The zero-order chi connectivity index (χ0) is 12.3. The summed E-state index contributed by atoms with van der Waals surface area (Å²) in [5.74, 6) is 0.819. The molecule has 5 heteroatoms. The zero-order valence-electron chi connectivity index (χ0n) is 10.4. The summed E-state index contributed by atoms with van der Waals surface area (Å²) >= 11 is 0. The molecule has 17 heavy (non-hydrogen) atoms. The van der Waals surface area contributed by atoms with Gasteiger partial charge in [-0.3, -0.25) is 4.68 Å². The molecule has 90 valence electrons. The monoisotopic (exact) mass is 231 g/mol. The average molecular weight is 231 g/mol. The van der Waals surface area contributed by atoms with Crippen molar-refractivity contribution in [2.45, 2.75) is 26.7 Å². The van der Waals surface area contributed by atoms with Crippen molar-refractivity contribution in [1.29, 1.82) is 0 Å². The molecule has 0 fully saturated rings. The molecule has 0 aliphatic rings. The van der Waals surface area contributed by atoms with Gasteiger partial charge in [-0.25, -0.2) is 9.97 Å². The van der Waals surface area contributed by atoms with E-state index in [9.17, 15) is 0 Å². The molecule has 0 bridgehead atoms. The van der Waals surface area contributed by atoms with Gasteiger partial charge in [-0.1, -0.05) is 13.3 Å². The first-order valence-corrected chi connectivity index (χ1v) is 5.77. The number of anilines is 2. The highest BCUT2D eigenvalue weighted by atomic mass is 15.3. The van der Waals surface area contributed by atoms with Crippen molar-refractivity contribution < 1.29 is 0 Å². The van der Waals surface area contributed by atoms with Crippen LogP contribution in [-0.4, -0.2) is 19.7 Å². The molecule has 0 aromatic carbocycles. The minimum absolute atomic E-state index is 0.819. The highest BCUT2D eigenvalue weighted by molar-refractivity contribution is 5.57. The Kier molecular flexibility index (Phi) is 3.37. The van der Waals surface area contributed by atoms with Crippen LogP contribution >= 0.6 is 0 Å². The average Bonchev–Trinajstić information content (AvgIpc) is 2.58. The van der Waals surface area contributed by atoms with Crippen LogP contribution in [0.1, 0.15) is 24.7 Å². The number of hydrogen-bond acceptors (Lipinski definition) is 4. The van der Waals surface area contributed by atoms with E-state index in [0.717, 1.165) is 35.7 Å². The minimum atomic E-state index is 0.819. The Balaban J connectivity index is 2.18. The van der Waals surface area contributed by atoms with Crippen LogP contribution in [0.3, 0.4) is 0 Å². The molecule has 0 saturated carbocycles. The molecule has 0 radical (unpaired) electrons. The van der Waals surface area contributed by atoms with E-state index in [4.69, 9.17) is 0 Å². The lowest BCUT2D eigenvalue weighted by Crippen LogP contribution is -1.97. The molecule has 0 aliphatic heterocycles. The highest BCUT2D eigenvalue weighted by Gasteiger charge is 2.04. The standard InChI is InChI=1S/C12H17N5/c1-4-5-10-6-12(14-8-13-10)15-11-7-17(3)16-9(11)2/h6-8H,4-5H2,1-3H3,(H,13,14,15). The van der Waals surface area contributed by atoms with Gasteiger partial charge in [0.25, 0.3) is 0 Å². The minimum Gasteiger partial charge on any atom is -0.337 e. The van der Waals surface area contributed by atoms with Crippen LogP contribution in [0.25, 0.3) is 0 Å². The molecule has 5 nitrogen and oxygen atoms in total. The van der Waals surface area contributed by atoms with Crippen molar-refractivity contribution in [3.05, 3.63) is 30.0 Å². The Bertz CT molecular complexity index is 503. The van der Waals surface area contributed by atoms with Crippen LogP contribution in [0, 0.1) is 6.92 Å². The summed E-state index contributed by atoms with van der Waals surface area (Å²) < 4.78 is 1.78. The molecule has 2 aromatic rings.